The standard InChI is InChI=1S/C25H30ClN3O2/c1-28-10-8-25(9-11-28)16-29(14-17-4-3-5-18(26)12-17)22(15-30)24-23(25)20-7-6-19(31-2)13-21(20)27-24/h3-7,12-13,22,27,30H,8-11,14-16H2,1-2H3/t22-/m0/s1. The van der Waals surface area contributed by atoms with Crippen molar-refractivity contribution < 1.29 is 9.84 Å². The molecule has 5 rings (SSSR count). The van der Waals surface area contributed by atoms with Crippen molar-refractivity contribution in [3.8, 4) is 5.75 Å². The summed E-state index contributed by atoms with van der Waals surface area (Å²) >= 11 is 6.26. The molecule has 2 aliphatic heterocycles. The van der Waals surface area contributed by atoms with E-state index in [2.05, 4.69) is 40.0 Å². The van der Waals surface area contributed by atoms with Crippen LogP contribution in [0.2, 0.25) is 5.02 Å². The zero-order chi connectivity index (χ0) is 21.6. The largest absolute Gasteiger partial charge is 0.497 e. The fourth-order valence-electron chi connectivity index (χ4n) is 5.60. The van der Waals surface area contributed by atoms with Gasteiger partial charge in [0, 0.05) is 46.2 Å². The lowest BCUT2D eigenvalue weighted by Gasteiger charge is -2.50. The normalized spacial score (nSPS) is 21.5. The second-order valence-electron chi connectivity index (χ2n) is 9.14. The summed E-state index contributed by atoms with van der Waals surface area (Å²) in [7, 11) is 3.91. The van der Waals surface area contributed by atoms with Crippen LogP contribution in [0.5, 0.6) is 5.75 Å². The highest BCUT2D eigenvalue weighted by Crippen LogP contribution is 2.49. The maximum Gasteiger partial charge on any atom is 0.120 e. The van der Waals surface area contributed by atoms with Crippen LogP contribution in [0.25, 0.3) is 10.9 Å². The summed E-state index contributed by atoms with van der Waals surface area (Å²) in [6.45, 7) is 3.94. The number of aromatic amines is 1. The minimum Gasteiger partial charge on any atom is -0.497 e. The Hall–Kier alpha value is -2.05. The lowest BCUT2D eigenvalue weighted by atomic mass is 9.68. The van der Waals surface area contributed by atoms with Gasteiger partial charge in [-0.1, -0.05) is 23.7 Å². The van der Waals surface area contributed by atoms with E-state index in [1.54, 1.807) is 7.11 Å². The zero-order valence-corrected chi connectivity index (χ0v) is 19.0. The highest BCUT2D eigenvalue weighted by Gasteiger charge is 2.46. The maximum absolute atomic E-state index is 10.5. The Bertz CT molecular complexity index is 1090. The molecule has 6 heteroatoms. The number of hydrogen-bond acceptors (Lipinski definition) is 4. The van der Waals surface area contributed by atoms with E-state index >= 15 is 0 Å². The average Bonchev–Trinajstić information content (AvgIpc) is 3.15. The summed E-state index contributed by atoms with van der Waals surface area (Å²) in [6, 6.07) is 14.3. The second-order valence-corrected chi connectivity index (χ2v) is 9.58. The molecular formula is C25H30ClN3O2. The van der Waals surface area contributed by atoms with Crippen molar-refractivity contribution in [2.45, 2.75) is 30.8 Å². The minimum absolute atomic E-state index is 0.0684. The van der Waals surface area contributed by atoms with Gasteiger partial charge in [0.25, 0.3) is 0 Å². The van der Waals surface area contributed by atoms with Crippen molar-refractivity contribution in [1.29, 1.82) is 0 Å². The molecular weight excluding hydrogens is 410 g/mol. The molecule has 0 radical (unpaired) electrons. The molecule has 2 N–H and O–H groups in total. The molecule has 2 aromatic carbocycles. The number of nitrogens with zero attached hydrogens (tertiary/aromatic N) is 2. The number of H-pyrrole nitrogens is 1. The number of methoxy groups -OCH3 is 1. The molecule has 31 heavy (non-hydrogen) atoms. The maximum atomic E-state index is 10.5. The lowest BCUT2D eigenvalue weighted by Crippen LogP contribution is -2.53. The first-order valence-electron chi connectivity index (χ1n) is 11.0. The highest BCUT2D eigenvalue weighted by molar-refractivity contribution is 6.30. The number of nitrogens with one attached hydrogen (secondary N) is 1. The summed E-state index contributed by atoms with van der Waals surface area (Å²) in [6.07, 6.45) is 2.22. The van der Waals surface area contributed by atoms with E-state index in [1.807, 2.05) is 24.3 Å². The number of aliphatic hydroxyl groups is 1. The lowest BCUT2D eigenvalue weighted by molar-refractivity contribution is 0.0475. The summed E-state index contributed by atoms with van der Waals surface area (Å²) in [4.78, 5) is 8.54. The fraction of sp³-hybridized carbons (Fsp3) is 0.440. The first kappa shape index (κ1) is 20.8. The van der Waals surface area contributed by atoms with Crippen molar-refractivity contribution in [3.63, 3.8) is 0 Å². The van der Waals surface area contributed by atoms with E-state index in [1.165, 1.54) is 16.5 Å². The molecule has 3 aromatic rings. The van der Waals surface area contributed by atoms with Gasteiger partial charge in [0.2, 0.25) is 0 Å². The van der Waals surface area contributed by atoms with Crippen molar-refractivity contribution in [2.24, 2.45) is 0 Å². The smallest absolute Gasteiger partial charge is 0.120 e. The van der Waals surface area contributed by atoms with Crippen molar-refractivity contribution in [2.75, 3.05) is 40.4 Å². The number of halogens is 1. The molecule has 0 saturated carbocycles. The molecule has 0 bridgehead atoms. The third-order valence-corrected chi connectivity index (χ3v) is 7.47. The minimum atomic E-state index is -0.0716. The van der Waals surface area contributed by atoms with Gasteiger partial charge in [-0.2, -0.15) is 0 Å². The van der Waals surface area contributed by atoms with Gasteiger partial charge < -0.3 is 19.7 Å². The molecule has 0 aliphatic carbocycles. The van der Waals surface area contributed by atoms with Crippen LogP contribution in [0.15, 0.2) is 42.5 Å². The van der Waals surface area contributed by atoms with Gasteiger partial charge in [0.1, 0.15) is 5.75 Å². The van der Waals surface area contributed by atoms with E-state index in [4.69, 9.17) is 16.3 Å². The Morgan fingerprint density at radius 1 is 1.19 bits per heavy atom. The number of benzene rings is 2. The van der Waals surface area contributed by atoms with E-state index in [0.29, 0.717) is 0 Å². The summed E-state index contributed by atoms with van der Waals surface area (Å²) in [5.74, 6) is 0.847. The van der Waals surface area contributed by atoms with Crippen LogP contribution in [0.3, 0.4) is 0 Å². The third kappa shape index (κ3) is 3.64. The molecule has 1 saturated heterocycles. The van der Waals surface area contributed by atoms with Gasteiger partial charge in [-0.3, -0.25) is 4.90 Å². The van der Waals surface area contributed by atoms with E-state index in [9.17, 15) is 5.11 Å². The van der Waals surface area contributed by atoms with Crippen LogP contribution in [0, 0.1) is 0 Å². The molecule has 0 unspecified atom stereocenters. The van der Waals surface area contributed by atoms with Gasteiger partial charge in [-0.05, 0) is 68.4 Å². The molecule has 5 nitrogen and oxygen atoms in total. The summed E-state index contributed by atoms with van der Waals surface area (Å²) < 4.78 is 5.47. The van der Waals surface area contributed by atoms with E-state index in [-0.39, 0.29) is 18.1 Å². The van der Waals surface area contributed by atoms with Crippen LogP contribution in [0.4, 0.5) is 0 Å². The number of rotatable bonds is 4. The quantitative estimate of drug-likeness (QED) is 0.634. The molecule has 1 spiro atoms. The number of likely N-dealkylation sites (tertiary alicyclic amines) is 1. The topological polar surface area (TPSA) is 51.7 Å². The molecule has 1 atom stereocenters. The van der Waals surface area contributed by atoms with Crippen LogP contribution in [-0.4, -0.2) is 60.3 Å². The predicted octanol–water partition coefficient (Wildman–Crippen LogP) is 4.34. The van der Waals surface area contributed by atoms with Crippen LogP contribution in [-0.2, 0) is 12.0 Å². The Morgan fingerprint density at radius 3 is 2.71 bits per heavy atom. The Kier molecular flexibility index (Phi) is 5.47. The van der Waals surface area contributed by atoms with Crippen molar-refractivity contribution >= 4 is 22.5 Å². The molecule has 3 heterocycles. The summed E-state index contributed by atoms with van der Waals surface area (Å²) in [5, 5.41) is 12.5. The molecule has 2 aliphatic rings. The first-order chi connectivity index (χ1) is 15.0. The van der Waals surface area contributed by atoms with E-state index in [0.717, 1.165) is 61.0 Å². The van der Waals surface area contributed by atoms with Crippen LogP contribution >= 0.6 is 11.6 Å². The third-order valence-electron chi connectivity index (χ3n) is 7.24. The van der Waals surface area contributed by atoms with Crippen LogP contribution < -0.4 is 4.74 Å². The Labute approximate surface area is 188 Å². The monoisotopic (exact) mass is 439 g/mol. The van der Waals surface area contributed by atoms with E-state index < -0.39 is 0 Å². The molecule has 1 fully saturated rings. The van der Waals surface area contributed by atoms with Crippen molar-refractivity contribution in [1.82, 2.24) is 14.8 Å². The Morgan fingerprint density at radius 2 is 2.00 bits per heavy atom. The van der Waals surface area contributed by atoms with Gasteiger partial charge in [0.15, 0.2) is 0 Å². The number of piperidine rings is 1. The first-order valence-corrected chi connectivity index (χ1v) is 11.4. The number of aliphatic hydroxyl groups excluding tert-OH is 1. The van der Waals surface area contributed by atoms with Crippen LogP contribution in [0.1, 0.15) is 35.7 Å². The van der Waals surface area contributed by atoms with Gasteiger partial charge in [-0.25, -0.2) is 0 Å². The molecule has 0 amide bonds. The number of aromatic nitrogens is 1. The number of hydrogen-bond donors (Lipinski definition) is 2. The average molecular weight is 440 g/mol. The number of fused-ring (bicyclic) bond motifs is 4. The molecule has 164 valence electrons. The summed E-state index contributed by atoms with van der Waals surface area (Å²) in [5.41, 5.74) is 4.89. The Balaban J connectivity index is 1.63. The number of ether oxygens (including phenoxy) is 1. The SMILES string of the molecule is COc1ccc2c3c([nH]c2c1)[C@H](CO)N(Cc1cccc(Cl)c1)CC31CCN(C)CC1. The zero-order valence-electron chi connectivity index (χ0n) is 18.2. The fourth-order valence-corrected chi connectivity index (χ4v) is 5.82. The van der Waals surface area contributed by atoms with Gasteiger partial charge >= 0.3 is 0 Å². The van der Waals surface area contributed by atoms with Gasteiger partial charge in [-0.15, -0.1) is 0 Å². The highest BCUT2D eigenvalue weighted by atomic mass is 35.5. The second kappa shape index (κ2) is 8.14. The van der Waals surface area contributed by atoms with Gasteiger partial charge in [0.05, 0.1) is 19.8 Å². The van der Waals surface area contributed by atoms with Crippen molar-refractivity contribution in [3.05, 3.63) is 64.3 Å². The predicted molar refractivity (Wildman–Crippen MR) is 125 cm³/mol. The molecule has 1 aromatic heterocycles.